The van der Waals surface area contributed by atoms with Gasteiger partial charge >= 0.3 is 0 Å². The number of amides is 1. The van der Waals surface area contributed by atoms with Gasteiger partial charge in [-0.05, 0) is 61.3 Å². The van der Waals surface area contributed by atoms with Crippen LogP contribution in [0.25, 0.3) is 10.1 Å². The number of fused-ring (bicyclic) bond motifs is 1. The van der Waals surface area contributed by atoms with Crippen molar-refractivity contribution < 1.29 is 9.18 Å². The van der Waals surface area contributed by atoms with Crippen LogP contribution in [-0.4, -0.2) is 17.5 Å². The second-order valence-corrected chi connectivity index (χ2v) is 8.11. The van der Waals surface area contributed by atoms with Crippen LogP contribution < -0.4 is 11.1 Å². The Morgan fingerprint density at radius 2 is 2.04 bits per heavy atom. The molecule has 3 nitrogen and oxygen atoms in total. The Labute approximate surface area is 139 Å². The predicted octanol–water partition coefficient (Wildman–Crippen LogP) is 3.82. The van der Waals surface area contributed by atoms with Gasteiger partial charge in [-0.15, -0.1) is 11.3 Å². The summed E-state index contributed by atoms with van der Waals surface area (Å²) in [5, 5.41) is 3.99. The highest BCUT2D eigenvalue weighted by atomic mass is 32.1. The highest BCUT2D eigenvalue weighted by Crippen LogP contribution is 2.43. The van der Waals surface area contributed by atoms with E-state index in [0.717, 1.165) is 35.8 Å². The molecule has 1 atom stereocenters. The second-order valence-electron chi connectivity index (χ2n) is 7.02. The van der Waals surface area contributed by atoms with E-state index in [1.807, 2.05) is 0 Å². The third kappa shape index (κ3) is 2.88. The molecule has 0 bridgehead atoms. The Hall–Kier alpha value is -1.46. The van der Waals surface area contributed by atoms with Crippen molar-refractivity contribution in [1.29, 1.82) is 0 Å². The molecular formula is C18H21FN2OS. The van der Waals surface area contributed by atoms with Gasteiger partial charge in [-0.3, -0.25) is 4.79 Å². The van der Waals surface area contributed by atoms with E-state index >= 15 is 0 Å². The predicted molar refractivity (Wildman–Crippen MR) is 91.1 cm³/mol. The Morgan fingerprint density at radius 3 is 2.74 bits per heavy atom. The summed E-state index contributed by atoms with van der Waals surface area (Å²) >= 11 is 1.41. The van der Waals surface area contributed by atoms with Crippen LogP contribution in [0.1, 0.15) is 48.2 Å². The van der Waals surface area contributed by atoms with Crippen molar-refractivity contribution in [3.05, 3.63) is 35.0 Å². The molecule has 23 heavy (non-hydrogen) atoms. The molecule has 4 rings (SSSR count). The largest absolute Gasteiger partial charge is 0.346 e. The van der Waals surface area contributed by atoms with Gasteiger partial charge in [-0.2, -0.15) is 0 Å². The molecule has 1 amide bonds. The fraction of sp³-hybridized carbons (Fsp3) is 0.500. The van der Waals surface area contributed by atoms with E-state index in [0.29, 0.717) is 10.8 Å². The van der Waals surface area contributed by atoms with E-state index in [9.17, 15) is 9.18 Å². The number of hydrogen-bond acceptors (Lipinski definition) is 3. The lowest BCUT2D eigenvalue weighted by atomic mass is 9.90. The van der Waals surface area contributed by atoms with Crippen LogP contribution in [0.5, 0.6) is 0 Å². The third-order valence-corrected chi connectivity index (χ3v) is 6.42. The average molecular weight is 332 g/mol. The second kappa shape index (κ2) is 5.56. The van der Waals surface area contributed by atoms with Crippen LogP contribution in [0.2, 0.25) is 0 Å². The number of hydrogen-bond donors (Lipinski definition) is 2. The zero-order valence-electron chi connectivity index (χ0n) is 13.0. The van der Waals surface area contributed by atoms with E-state index in [1.165, 1.54) is 36.3 Å². The summed E-state index contributed by atoms with van der Waals surface area (Å²) in [5.74, 6) is 0.156. The van der Waals surface area contributed by atoms with Crippen LogP contribution in [0.4, 0.5) is 4.39 Å². The molecule has 2 aliphatic rings. The molecule has 2 aromatic rings. The lowest BCUT2D eigenvalue weighted by molar-refractivity contribution is 0.0912. The van der Waals surface area contributed by atoms with E-state index in [-0.39, 0.29) is 23.3 Å². The van der Waals surface area contributed by atoms with E-state index < -0.39 is 0 Å². The first-order chi connectivity index (χ1) is 11.0. The van der Waals surface area contributed by atoms with Crippen molar-refractivity contribution in [2.75, 3.05) is 0 Å². The van der Waals surface area contributed by atoms with Crippen molar-refractivity contribution in [2.45, 2.75) is 50.1 Å². The topological polar surface area (TPSA) is 55.1 Å². The Balaban J connectivity index is 1.56. The Kier molecular flexibility index (Phi) is 3.65. The molecule has 2 fully saturated rings. The monoisotopic (exact) mass is 332 g/mol. The Bertz CT molecular complexity index is 747. The molecule has 0 radical (unpaired) electrons. The van der Waals surface area contributed by atoms with E-state index in [2.05, 4.69) is 5.32 Å². The molecule has 1 unspecified atom stereocenters. The van der Waals surface area contributed by atoms with Gasteiger partial charge in [0.1, 0.15) is 5.82 Å². The van der Waals surface area contributed by atoms with Crippen molar-refractivity contribution in [3.63, 3.8) is 0 Å². The van der Waals surface area contributed by atoms with Gasteiger partial charge in [0.2, 0.25) is 0 Å². The molecule has 1 heterocycles. The number of nitrogens with two attached hydrogens (primary N) is 1. The van der Waals surface area contributed by atoms with Crippen LogP contribution in [-0.2, 0) is 0 Å². The van der Waals surface area contributed by atoms with E-state index in [4.69, 9.17) is 5.73 Å². The molecule has 0 saturated heterocycles. The summed E-state index contributed by atoms with van der Waals surface area (Å²) < 4.78 is 14.2. The summed E-state index contributed by atoms with van der Waals surface area (Å²) in [6, 6.07) is 6.48. The summed E-state index contributed by atoms with van der Waals surface area (Å²) in [5.41, 5.74) is 6.22. The minimum Gasteiger partial charge on any atom is -0.346 e. The van der Waals surface area contributed by atoms with Gasteiger partial charge in [0.25, 0.3) is 5.91 Å². The lowest BCUT2D eigenvalue weighted by Gasteiger charge is -2.30. The van der Waals surface area contributed by atoms with Crippen LogP contribution in [0, 0.1) is 11.7 Å². The SMILES string of the molecule is NC1(C(NC(=O)c2cc3cc(F)ccc3s2)C2CCCC2)CC1. The minimum absolute atomic E-state index is 0.0689. The number of carbonyl (C=O) groups excluding carboxylic acids is 1. The highest BCUT2D eigenvalue weighted by Gasteiger charge is 2.50. The van der Waals surface area contributed by atoms with Gasteiger partial charge in [0.15, 0.2) is 0 Å². The fourth-order valence-electron chi connectivity index (χ4n) is 3.82. The third-order valence-electron chi connectivity index (χ3n) is 5.31. The normalized spacial score (nSPS) is 21.5. The van der Waals surface area contributed by atoms with Crippen LogP contribution >= 0.6 is 11.3 Å². The molecular weight excluding hydrogens is 311 g/mol. The molecule has 122 valence electrons. The number of rotatable bonds is 4. The van der Waals surface area contributed by atoms with Gasteiger partial charge in [0, 0.05) is 16.3 Å². The lowest BCUT2D eigenvalue weighted by Crippen LogP contribution is -2.53. The minimum atomic E-state index is -0.273. The zero-order valence-corrected chi connectivity index (χ0v) is 13.8. The van der Waals surface area contributed by atoms with Crippen molar-refractivity contribution in [1.82, 2.24) is 5.32 Å². The first-order valence-corrected chi connectivity index (χ1v) is 9.16. The molecule has 2 aliphatic carbocycles. The molecule has 5 heteroatoms. The summed E-state index contributed by atoms with van der Waals surface area (Å²) in [6.45, 7) is 0. The van der Waals surface area contributed by atoms with Gasteiger partial charge in [-0.25, -0.2) is 4.39 Å². The maximum absolute atomic E-state index is 13.3. The first-order valence-electron chi connectivity index (χ1n) is 8.34. The summed E-state index contributed by atoms with van der Waals surface area (Å²) in [4.78, 5) is 13.3. The first kappa shape index (κ1) is 15.1. The molecule has 1 aromatic carbocycles. The fourth-order valence-corrected chi connectivity index (χ4v) is 4.76. The van der Waals surface area contributed by atoms with Crippen LogP contribution in [0.15, 0.2) is 24.3 Å². The maximum atomic E-state index is 13.3. The molecule has 3 N–H and O–H groups in total. The standard InChI is InChI=1S/C18H21FN2OS/c19-13-5-6-14-12(9-13)10-15(23-14)17(22)21-16(18(20)7-8-18)11-3-1-2-4-11/h5-6,9-11,16H,1-4,7-8,20H2,(H,21,22). The molecule has 0 aliphatic heterocycles. The molecule has 2 saturated carbocycles. The summed E-state index contributed by atoms with van der Waals surface area (Å²) in [6.07, 6.45) is 6.76. The van der Waals surface area contributed by atoms with Gasteiger partial charge in [-0.1, -0.05) is 12.8 Å². The average Bonchev–Trinajstić information content (AvgIpc) is 2.96. The number of thiophene rings is 1. The number of halogens is 1. The highest BCUT2D eigenvalue weighted by molar-refractivity contribution is 7.20. The molecule has 1 aromatic heterocycles. The number of nitrogens with one attached hydrogen (secondary N) is 1. The zero-order chi connectivity index (χ0) is 16.0. The maximum Gasteiger partial charge on any atom is 0.261 e. The smallest absolute Gasteiger partial charge is 0.261 e. The van der Waals surface area contributed by atoms with Crippen LogP contribution in [0.3, 0.4) is 0 Å². The quantitative estimate of drug-likeness (QED) is 0.894. The van der Waals surface area contributed by atoms with Gasteiger partial charge in [0.05, 0.1) is 4.88 Å². The summed E-state index contributed by atoms with van der Waals surface area (Å²) in [7, 11) is 0. The van der Waals surface area contributed by atoms with Gasteiger partial charge < -0.3 is 11.1 Å². The Morgan fingerprint density at radius 1 is 1.30 bits per heavy atom. The van der Waals surface area contributed by atoms with Crippen molar-refractivity contribution in [3.8, 4) is 0 Å². The number of carbonyl (C=O) groups is 1. The molecule has 0 spiro atoms. The van der Waals surface area contributed by atoms with Crippen molar-refractivity contribution >= 4 is 27.3 Å². The van der Waals surface area contributed by atoms with E-state index in [1.54, 1.807) is 12.1 Å². The van der Waals surface area contributed by atoms with Crippen molar-refractivity contribution in [2.24, 2.45) is 11.7 Å². The number of benzene rings is 1.